The fourth-order valence-electron chi connectivity index (χ4n) is 2.79. The molecule has 1 fully saturated rings. The molecule has 1 saturated heterocycles. The lowest BCUT2D eigenvalue weighted by atomic mass is 10.0. The van der Waals surface area contributed by atoms with E-state index >= 15 is 0 Å². The van der Waals surface area contributed by atoms with Gasteiger partial charge in [-0.05, 0) is 31.0 Å². The second-order valence-corrected chi connectivity index (χ2v) is 5.20. The molecular formula is C14H22N4O2. The number of ether oxygens (including phenoxy) is 1. The first-order valence-electron chi connectivity index (χ1n) is 6.86. The summed E-state index contributed by atoms with van der Waals surface area (Å²) in [5.74, 6) is 0. The minimum Gasteiger partial charge on any atom is -0.453 e. The van der Waals surface area contributed by atoms with E-state index < -0.39 is 0 Å². The van der Waals surface area contributed by atoms with Gasteiger partial charge in [0.25, 0.3) is 0 Å². The number of nitrogens with zero attached hydrogens (tertiary/aromatic N) is 2. The summed E-state index contributed by atoms with van der Waals surface area (Å²) in [6, 6.07) is 4.26. The summed E-state index contributed by atoms with van der Waals surface area (Å²) in [6.07, 6.45) is 4.09. The number of aromatic nitrogens is 1. The van der Waals surface area contributed by atoms with E-state index in [1.165, 1.54) is 7.11 Å². The van der Waals surface area contributed by atoms with Gasteiger partial charge in [-0.25, -0.2) is 4.79 Å². The Bertz CT molecular complexity index is 438. The van der Waals surface area contributed by atoms with Crippen molar-refractivity contribution in [2.24, 2.45) is 5.73 Å². The van der Waals surface area contributed by atoms with Crippen LogP contribution >= 0.6 is 0 Å². The van der Waals surface area contributed by atoms with Crippen LogP contribution in [0.25, 0.3) is 0 Å². The lowest BCUT2D eigenvalue weighted by Gasteiger charge is -2.31. The maximum Gasteiger partial charge on any atom is 0.407 e. The highest BCUT2D eigenvalue weighted by Gasteiger charge is 2.31. The summed E-state index contributed by atoms with van der Waals surface area (Å²) in [4.78, 5) is 17.6. The van der Waals surface area contributed by atoms with Crippen LogP contribution in [0.15, 0.2) is 24.5 Å². The zero-order chi connectivity index (χ0) is 14.5. The van der Waals surface area contributed by atoms with Gasteiger partial charge in [0.05, 0.1) is 7.11 Å². The van der Waals surface area contributed by atoms with Crippen LogP contribution in [0.3, 0.4) is 0 Å². The molecular weight excluding hydrogens is 256 g/mol. The first-order valence-corrected chi connectivity index (χ1v) is 6.86. The van der Waals surface area contributed by atoms with Gasteiger partial charge in [0.2, 0.25) is 0 Å². The van der Waals surface area contributed by atoms with E-state index in [4.69, 9.17) is 5.73 Å². The topological polar surface area (TPSA) is 80.5 Å². The molecule has 1 aliphatic rings. The van der Waals surface area contributed by atoms with E-state index in [9.17, 15) is 4.79 Å². The van der Waals surface area contributed by atoms with E-state index in [1.807, 2.05) is 19.1 Å². The maximum absolute atomic E-state index is 11.3. The normalized spacial score (nSPS) is 22.2. The number of nitrogens with two attached hydrogens (primary N) is 1. The summed E-state index contributed by atoms with van der Waals surface area (Å²) in [5.41, 5.74) is 7.31. The molecule has 2 heterocycles. The third kappa shape index (κ3) is 3.46. The maximum atomic E-state index is 11.3. The molecule has 0 radical (unpaired) electrons. The number of rotatable bonds is 4. The molecule has 0 bridgehead atoms. The molecule has 20 heavy (non-hydrogen) atoms. The molecule has 1 aromatic rings. The average molecular weight is 278 g/mol. The predicted octanol–water partition coefficient (Wildman–Crippen LogP) is 0.900. The first-order chi connectivity index (χ1) is 9.61. The van der Waals surface area contributed by atoms with E-state index in [1.54, 1.807) is 12.4 Å². The summed E-state index contributed by atoms with van der Waals surface area (Å²) in [7, 11) is 1.38. The number of hydrogen-bond acceptors (Lipinski definition) is 5. The van der Waals surface area contributed by atoms with Gasteiger partial charge in [0, 0.05) is 43.6 Å². The van der Waals surface area contributed by atoms with Crippen LogP contribution in [-0.4, -0.2) is 48.3 Å². The quantitative estimate of drug-likeness (QED) is 0.855. The minimum absolute atomic E-state index is 0.00859. The number of carbonyl (C=O) groups excluding carboxylic acids is 1. The van der Waals surface area contributed by atoms with Crippen LogP contribution in [0.1, 0.15) is 24.9 Å². The second-order valence-electron chi connectivity index (χ2n) is 5.20. The molecule has 0 aromatic carbocycles. The molecule has 0 aliphatic carbocycles. The lowest BCUT2D eigenvalue weighted by molar-refractivity contribution is 0.164. The molecule has 0 saturated carbocycles. The van der Waals surface area contributed by atoms with E-state index in [0.29, 0.717) is 0 Å². The Kier molecular flexibility index (Phi) is 4.92. The number of methoxy groups -OCH3 is 1. The number of carbonyl (C=O) groups is 1. The zero-order valence-electron chi connectivity index (χ0n) is 12.0. The molecule has 2 rings (SSSR count). The number of alkyl carbamates (subject to hydrolysis) is 1. The smallest absolute Gasteiger partial charge is 0.407 e. The summed E-state index contributed by atoms with van der Waals surface area (Å²) < 4.78 is 4.64. The molecule has 3 N–H and O–H groups in total. The third-order valence-corrected chi connectivity index (χ3v) is 3.67. The fourth-order valence-corrected chi connectivity index (χ4v) is 2.79. The standard InChI is InChI=1S/C14H22N4O2/c1-10(15)13(11-3-6-16-7-4-11)18-8-5-12(9-18)17-14(19)20-2/h3-4,6-7,10,12-13H,5,8-9,15H2,1-2H3,(H,17,19). The highest BCUT2D eigenvalue weighted by molar-refractivity contribution is 5.67. The number of pyridine rings is 1. The van der Waals surface area contributed by atoms with E-state index in [-0.39, 0.29) is 24.2 Å². The van der Waals surface area contributed by atoms with Gasteiger partial charge in [-0.1, -0.05) is 0 Å². The van der Waals surface area contributed by atoms with Crippen molar-refractivity contribution in [1.82, 2.24) is 15.2 Å². The van der Waals surface area contributed by atoms with E-state index in [0.717, 1.165) is 25.1 Å². The minimum atomic E-state index is -0.377. The van der Waals surface area contributed by atoms with Crippen molar-refractivity contribution in [3.8, 4) is 0 Å². The Balaban J connectivity index is 2.04. The Morgan fingerprint density at radius 1 is 1.55 bits per heavy atom. The molecule has 1 aliphatic heterocycles. The number of hydrogen-bond donors (Lipinski definition) is 2. The van der Waals surface area contributed by atoms with Gasteiger partial charge >= 0.3 is 6.09 Å². The van der Waals surface area contributed by atoms with Crippen molar-refractivity contribution < 1.29 is 9.53 Å². The van der Waals surface area contributed by atoms with Crippen molar-refractivity contribution in [2.45, 2.75) is 31.5 Å². The SMILES string of the molecule is COC(=O)NC1CCN(C(c2ccncc2)C(C)N)C1. The molecule has 1 aromatic heterocycles. The van der Waals surface area contributed by atoms with Crippen LogP contribution in [0.4, 0.5) is 4.79 Å². The monoisotopic (exact) mass is 278 g/mol. The van der Waals surface area contributed by atoms with Gasteiger partial charge < -0.3 is 15.8 Å². The highest BCUT2D eigenvalue weighted by Crippen LogP contribution is 2.27. The molecule has 3 unspecified atom stereocenters. The van der Waals surface area contributed by atoms with Crippen molar-refractivity contribution in [3.63, 3.8) is 0 Å². The largest absolute Gasteiger partial charge is 0.453 e. The average Bonchev–Trinajstić information content (AvgIpc) is 2.87. The van der Waals surface area contributed by atoms with Crippen LogP contribution in [-0.2, 0) is 4.74 Å². The Morgan fingerprint density at radius 2 is 2.25 bits per heavy atom. The summed E-state index contributed by atoms with van der Waals surface area (Å²) >= 11 is 0. The van der Waals surface area contributed by atoms with Gasteiger partial charge in [0.1, 0.15) is 0 Å². The molecule has 110 valence electrons. The highest BCUT2D eigenvalue weighted by atomic mass is 16.5. The summed E-state index contributed by atoms with van der Waals surface area (Å²) in [5, 5.41) is 2.85. The molecule has 0 spiro atoms. The number of likely N-dealkylation sites (tertiary alicyclic amines) is 1. The fraction of sp³-hybridized carbons (Fsp3) is 0.571. The number of amides is 1. The molecule has 6 heteroatoms. The number of nitrogens with one attached hydrogen (secondary N) is 1. The third-order valence-electron chi connectivity index (χ3n) is 3.67. The Labute approximate surface area is 119 Å². The first kappa shape index (κ1) is 14.7. The van der Waals surface area contributed by atoms with Crippen LogP contribution in [0, 0.1) is 0 Å². The molecule has 1 amide bonds. The molecule has 6 nitrogen and oxygen atoms in total. The summed E-state index contributed by atoms with van der Waals surface area (Å²) in [6.45, 7) is 3.69. The van der Waals surface area contributed by atoms with Crippen molar-refractivity contribution in [2.75, 3.05) is 20.2 Å². The van der Waals surface area contributed by atoms with Gasteiger partial charge in [-0.2, -0.15) is 0 Å². The zero-order valence-corrected chi connectivity index (χ0v) is 12.0. The molecule has 3 atom stereocenters. The van der Waals surface area contributed by atoms with E-state index in [2.05, 4.69) is 19.9 Å². The van der Waals surface area contributed by atoms with Gasteiger partial charge in [0.15, 0.2) is 0 Å². The Morgan fingerprint density at radius 3 is 2.85 bits per heavy atom. The Hall–Kier alpha value is -1.66. The van der Waals surface area contributed by atoms with Crippen molar-refractivity contribution >= 4 is 6.09 Å². The van der Waals surface area contributed by atoms with Crippen LogP contribution in [0.5, 0.6) is 0 Å². The van der Waals surface area contributed by atoms with Gasteiger partial charge in [-0.3, -0.25) is 9.88 Å². The van der Waals surface area contributed by atoms with Crippen molar-refractivity contribution in [3.05, 3.63) is 30.1 Å². The van der Waals surface area contributed by atoms with Crippen LogP contribution < -0.4 is 11.1 Å². The second kappa shape index (κ2) is 6.67. The van der Waals surface area contributed by atoms with Gasteiger partial charge in [-0.15, -0.1) is 0 Å². The lowest BCUT2D eigenvalue weighted by Crippen LogP contribution is -2.41. The predicted molar refractivity (Wildman–Crippen MR) is 76.1 cm³/mol. The van der Waals surface area contributed by atoms with Crippen molar-refractivity contribution in [1.29, 1.82) is 0 Å². The van der Waals surface area contributed by atoms with Crippen LogP contribution in [0.2, 0.25) is 0 Å².